The lowest BCUT2D eigenvalue weighted by Crippen LogP contribution is -1.96. The number of hydrogen-bond acceptors (Lipinski definition) is 1. The molecule has 0 saturated heterocycles. The van der Waals surface area contributed by atoms with Gasteiger partial charge in [-0.25, -0.2) is 0 Å². The molecule has 0 aromatic rings. The quantitative estimate of drug-likeness (QED) is 0.425. The van der Waals surface area contributed by atoms with Gasteiger partial charge in [-0.1, -0.05) is 5.92 Å². The van der Waals surface area contributed by atoms with E-state index in [1.807, 2.05) is 0 Å². The van der Waals surface area contributed by atoms with E-state index >= 15 is 0 Å². The summed E-state index contributed by atoms with van der Waals surface area (Å²) in [6.45, 7) is 0.825. The minimum atomic E-state index is 0.825. The summed E-state index contributed by atoms with van der Waals surface area (Å²) in [5.74, 6) is 2.54. The lowest BCUT2D eigenvalue weighted by molar-refractivity contribution is 0.227. The van der Waals surface area contributed by atoms with Crippen molar-refractivity contribution < 1.29 is 4.74 Å². The van der Waals surface area contributed by atoms with Crippen LogP contribution in [0, 0.1) is 12.3 Å². The normalized spacial score (nSPS) is 18.1. The van der Waals surface area contributed by atoms with Gasteiger partial charge in [-0.05, 0) is 12.8 Å². The fraction of sp³-hybridized carbons (Fsp3) is 0.429. The SMILES string of the molecule is C#CC1=COCCC1. The van der Waals surface area contributed by atoms with E-state index in [2.05, 4.69) is 5.92 Å². The first kappa shape index (κ1) is 5.24. The summed E-state index contributed by atoms with van der Waals surface area (Å²) >= 11 is 0. The first-order valence-electron chi connectivity index (χ1n) is 2.71. The van der Waals surface area contributed by atoms with Gasteiger partial charge in [-0.3, -0.25) is 0 Å². The highest BCUT2D eigenvalue weighted by Crippen LogP contribution is 2.08. The number of hydrogen-bond donors (Lipinski definition) is 0. The Morgan fingerprint density at radius 1 is 1.75 bits per heavy atom. The molecule has 1 aliphatic heterocycles. The van der Waals surface area contributed by atoms with Crippen LogP contribution >= 0.6 is 0 Å². The highest BCUT2D eigenvalue weighted by atomic mass is 16.5. The zero-order chi connectivity index (χ0) is 5.82. The minimum Gasteiger partial charge on any atom is -0.500 e. The summed E-state index contributed by atoms with van der Waals surface area (Å²) in [5, 5.41) is 0. The third kappa shape index (κ3) is 1.04. The van der Waals surface area contributed by atoms with Crippen molar-refractivity contribution in [2.75, 3.05) is 6.61 Å². The average Bonchev–Trinajstić information content (AvgIpc) is 1.90. The molecule has 0 N–H and O–H groups in total. The Kier molecular flexibility index (Phi) is 1.58. The molecule has 0 spiro atoms. The van der Waals surface area contributed by atoms with Crippen molar-refractivity contribution in [1.82, 2.24) is 0 Å². The second-order valence-corrected chi connectivity index (χ2v) is 1.76. The fourth-order valence-corrected chi connectivity index (χ4v) is 0.671. The van der Waals surface area contributed by atoms with E-state index in [0.29, 0.717) is 0 Å². The molecule has 1 rings (SSSR count). The molecule has 1 heterocycles. The van der Waals surface area contributed by atoms with Gasteiger partial charge in [0.25, 0.3) is 0 Å². The summed E-state index contributed by atoms with van der Waals surface area (Å²) in [5.41, 5.74) is 0.983. The fourth-order valence-electron chi connectivity index (χ4n) is 0.671. The first-order chi connectivity index (χ1) is 3.93. The molecular formula is C7H8O. The maximum Gasteiger partial charge on any atom is 0.0944 e. The highest BCUT2D eigenvalue weighted by molar-refractivity contribution is 5.23. The van der Waals surface area contributed by atoms with Crippen LogP contribution in [0.25, 0.3) is 0 Å². The van der Waals surface area contributed by atoms with Crippen LogP contribution < -0.4 is 0 Å². The average molecular weight is 108 g/mol. The molecule has 0 amide bonds. The molecule has 0 aromatic carbocycles. The van der Waals surface area contributed by atoms with Crippen LogP contribution in [0.1, 0.15) is 12.8 Å². The van der Waals surface area contributed by atoms with Crippen molar-refractivity contribution in [3.63, 3.8) is 0 Å². The van der Waals surface area contributed by atoms with Gasteiger partial charge in [0.1, 0.15) is 0 Å². The predicted molar refractivity (Wildman–Crippen MR) is 32.1 cm³/mol. The number of allylic oxidation sites excluding steroid dienone is 1. The van der Waals surface area contributed by atoms with Crippen LogP contribution in [-0.2, 0) is 4.74 Å². The summed E-state index contributed by atoms with van der Waals surface area (Å²) in [6, 6.07) is 0. The van der Waals surface area contributed by atoms with Crippen LogP contribution in [0.2, 0.25) is 0 Å². The Morgan fingerprint density at radius 2 is 2.62 bits per heavy atom. The zero-order valence-electron chi connectivity index (χ0n) is 4.68. The van der Waals surface area contributed by atoms with Crippen LogP contribution in [0.4, 0.5) is 0 Å². The van der Waals surface area contributed by atoms with E-state index in [1.165, 1.54) is 0 Å². The number of rotatable bonds is 0. The van der Waals surface area contributed by atoms with E-state index in [9.17, 15) is 0 Å². The van der Waals surface area contributed by atoms with Gasteiger partial charge in [-0.2, -0.15) is 0 Å². The molecule has 0 bridgehead atoms. The third-order valence-electron chi connectivity index (χ3n) is 1.12. The molecule has 0 fully saturated rings. The summed E-state index contributed by atoms with van der Waals surface area (Å²) in [6.07, 6.45) is 8.85. The van der Waals surface area contributed by atoms with Gasteiger partial charge in [-0.15, -0.1) is 6.42 Å². The Hall–Kier alpha value is -0.900. The second-order valence-electron chi connectivity index (χ2n) is 1.76. The minimum absolute atomic E-state index is 0.825. The van der Waals surface area contributed by atoms with Gasteiger partial charge in [0.2, 0.25) is 0 Å². The van der Waals surface area contributed by atoms with Gasteiger partial charge < -0.3 is 4.74 Å². The topological polar surface area (TPSA) is 9.23 Å². The van der Waals surface area contributed by atoms with Crippen molar-refractivity contribution in [2.45, 2.75) is 12.8 Å². The van der Waals surface area contributed by atoms with Gasteiger partial charge in [0.05, 0.1) is 12.9 Å². The molecule has 0 radical (unpaired) electrons. The maximum atomic E-state index is 5.10. The van der Waals surface area contributed by atoms with Crippen LogP contribution in [0.15, 0.2) is 11.8 Å². The van der Waals surface area contributed by atoms with E-state index < -0.39 is 0 Å². The molecule has 1 aliphatic rings. The molecule has 1 nitrogen and oxygen atoms in total. The lowest BCUT2D eigenvalue weighted by Gasteiger charge is -2.07. The highest BCUT2D eigenvalue weighted by Gasteiger charge is 1.98. The van der Waals surface area contributed by atoms with Gasteiger partial charge in [0.15, 0.2) is 0 Å². The zero-order valence-corrected chi connectivity index (χ0v) is 4.68. The van der Waals surface area contributed by atoms with E-state index in [0.717, 1.165) is 25.0 Å². The van der Waals surface area contributed by atoms with Crippen LogP contribution in [0.5, 0.6) is 0 Å². The molecule has 42 valence electrons. The van der Waals surface area contributed by atoms with Gasteiger partial charge >= 0.3 is 0 Å². The van der Waals surface area contributed by atoms with E-state index in [4.69, 9.17) is 11.2 Å². The third-order valence-corrected chi connectivity index (χ3v) is 1.12. The molecule has 8 heavy (non-hydrogen) atoms. The molecule has 0 atom stereocenters. The first-order valence-corrected chi connectivity index (χ1v) is 2.71. The summed E-state index contributed by atoms with van der Waals surface area (Å²) in [4.78, 5) is 0. The number of ether oxygens (including phenoxy) is 1. The summed E-state index contributed by atoms with van der Waals surface area (Å²) < 4.78 is 4.97. The van der Waals surface area contributed by atoms with Crippen molar-refractivity contribution in [2.24, 2.45) is 0 Å². The Bertz CT molecular complexity index is 139. The largest absolute Gasteiger partial charge is 0.500 e. The molecule has 1 heteroatoms. The molecular weight excluding hydrogens is 100 g/mol. The van der Waals surface area contributed by atoms with Crippen molar-refractivity contribution in [1.29, 1.82) is 0 Å². The predicted octanol–water partition coefficient (Wildman–Crippen LogP) is 1.31. The molecule has 0 aliphatic carbocycles. The monoisotopic (exact) mass is 108 g/mol. The van der Waals surface area contributed by atoms with Crippen LogP contribution in [-0.4, -0.2) is 6.61 Å². The second kappa shape index (κ2) is 2.42. The van der Waals surface area contributed by atoms with Crippen molar-refractivity contribution >= 4 is 0 Å². The smallest absolute Gasteiger partial charge is 0.0944 e. The lowest BCUT2D eigenvalue weighted by atomic mass is 10.1. The van der Waals surface area contributed by atoms with Gasteiger partial charge in [0, 0.05) is 5.57 Å². The Morgan fingerprint density at radius 3 is 3.00 bits per heavy atom. The van der Waals surface area contributed by atoms with Crippen molar-refractivity contribution in [3.05, 3.63) is 11.8 Å². The number of terminal acetylenes is 1. The van der Waals surface area contributed by atoms with Crippen LogP contribution in [0.3, 0.4) is 0 Å². The van der Waals surface area contributed by atoms with Crippen molar-refractivity contribution in [3.8, 4) is 12.3 Å². The molecule has 0 unspecified atom stereocenters. The van der Waals surface area contributed by atoms with E-state index in [-0.39, 0.29) is 0 Å². The van der Waals surface area contributed by atoms with E-state index in [1.54, 1.807) is 6.26 Å². The molecule has 0 saturated carbocycles. The Balaban J connectivity index is 2.53. The summed E-state index contributed by atoms with van der Waals surface area (Å²) in [7, 11) is 0. The Labute approximate surface area is 49.3 Å². The standard InChI is InChI=1S/C7H8O/c1-2-7-4-3-5-8-6-7/h1,6H,3-5H2. The maximum absolute atomic E-state index is 5.10. The molecule has 0 aromatic heterocycles.